The van der Waals surface area contributed by atoms with Gasteiger partial charge in [0.2, 0.25) is 6.79 Å². The molecule has 0 saturated heterocycles. The number of halogens is 1. The van der Waals surface area contributed by atoms with Gasteiger partial charge < -0.3 is 18.9 Å². The minimum Gasteiger partial charge on any atom is -0.493 e. The van der Waals surface area contributed by atoms with Gasteiger partial charge in [0, 0.05) is 5.56 Å². The molecule has 0 aliphatic carbocycles. The van der Waals surface area contributed by atoms with Crippen molar-refractivity contribution in [3.05, 3.63) is 45.9 Å². The molecule has 0 aromatic heterocycles. The lowest BCUT2D eigenvalue weighted by atomic mass is 10.2. The number of hydrogen-bond acceptors (Lipinski definition) is 6. The number of hydrogen-bond donors (Lipinski definition) is 1. The van der Waals surface area contributed by atoms with Gasteiger partial charge >= 0.3 is 0 Å². The minimum atomic E-state index is -0.353. The molecule has 0 bridgehead atoms. The molecule has 0 unspecified atom stereocenters. The van der Waals surface area contributed by atoms with Gasteiger partial charge in [0.05, 0.1) is 24.9 Å². The number of hydrazone groups is 1. The maximum atomic E-state index is 12.2. The largest absolute Gasteiger partial charge is 0.493 e. The van der Waals surface area contributed by atoms with E-state index in [4.69, 9.17) is 18.9 Å². The molecule has 2 aromatic carbocycles. The highest BCUT2D eigenvalue weighted by atomic mass is 79.9. The Balaban J connectivity index is 1.70. The number of methoxy groups -OCH3 is 2. The maximum absolute atomic E-state index is 12.2. The van der Waals surface area contributed by atoms with Crippen LogP contribution in [0.5, 0.6) is 23.0 Å². The van der Waals surface area contributed by atoms with Crippen LogP contribution in [0.3, 0.4) is 0 Å². The molecule has 25 heavy (non-hydrogen) atoms. The van der Waals surface area contributed by atoms with Crippen LogP contribution in [0, 0.1) is 0 Å². The van der Waals surface area contributed by atoms with Gasteiger partial charge in [-0.15, -0.1) is 0 Å². The normalized spacial score (nSPS) is 12.3. The summed E-state index contributed by atoms with van der Waals surface area (Å²) in [6.07, 6.45) is 1.51. The van der Waals surface area contributed by atoms with Gasteiger partial charge in [0.15, 0.2) is 23.0 Å². The van der Waals surface area contributed by atoms with Gasteiger partial charge in [-0.1, -0.05) is 0 Å². The molecule has 3 rings (SSSR count). The molecule has 0 radical (unpaired) electrons. The third-order valence-corrected chi connectivity index (χ3v) is 4.06. The molecule has 1 aliphatic heterocycles. The number of amides is 1. The summed E-state index contributed by atoms with van der Waals surface area (Å²) in [5.41, 5.74) is 3.63. The fraction of sp³-hybridized carbons (Fsp3) is 0.176. The van der Waals surface area contributed by atoms with Crippen molar-refractivity contribution in [3.8, 4) is 23.0 Å². The second-order valence-corrected chi connectivity index (χ2v) is 5.86. The number of carbonyl (C=O) groups is 1. The molecule has 130 valence electrons. The van der Waals surface area contributed by atoms with Crippen LogP contribution in [-0.4, -0.2) is 33.1 Å². The minimum absolute atomic E-state index is 0.159. The molecule has 1 heterocycles. The van der Waals surface area contributed by atoms with Crippen LogP contribution in [-0.2, 0) is 0 Å². The van der Waals surface area contributed by atoms with Gasteiger partial charge in [0.1, 0.15) is 0 Å². The van der Waals surface area contributed by atoms with Gasteiger partial charge in [-0.05, 0) is 51.8 Å². The quantitative estimate of drug-likeness (QED) is 0.609. The van der Waals surface area contributed by atoms with E-state index >= 15 is 0 Å². The molecule has 0 saturated carbocycles. The SMILES string of the molecule is COc1cc(C=NNC(=O)c2ccc3c(c2)OCO3)cc(Br)c1OC. The van der Waals surface area contributed by atoms with Gasteiger partial charge in [-0.2, -0.15) is 5.10 Å². The van der Waals surface area contributed by atoms with E-state index in [1.165, 1.54) is 6.21 Å². The molecule has 1 aliphatic rings. The first-order valence-corrected chi connectivity index (χ1v) is 8.06. The van der Waals surface area contributed by atoms with E-state index in [2.05, 4.69) is 26.5 Å². The monoisotopic (exact) mass is 406 g/mol. The fourth-order valence-electron chi connectivity index (χ4n) is 2.28. The number of nitrogens with one attached hydrogen (secondary N) is 1. The Kier molecular flexibility index (Phi) is 5.08. The topological polar surface area (TPSA) is 78.4 Å². The summed E-state index contributed by atoms with van der Waals surface area (Å²) in [5, 5.41) is 3.97. The summed E-state index contributed by atoms with van der Waals surface area (Å²) in [4.78, 5) is 12.2. The molecule has 0 fully saturated rings. The first kappa shape index (κ1) is 17.1. The molecule has 1 N–H and O–H groups in total. The van der Waals surface area contributed by atoms with E-state index in [0.717, 1.165) is 10.0 Å². The summed E-state index contributed by atoms with van der Waals surface area (Å²) in [7, 11) is 3.11. The highest BCUT2D eigenvalue weighted by molar-refractivity contribution is 9.10. The van der Waals surface area contributed by atoms with Gasteiger partial charge in [-0.25, -0.2) is 5.43 Å². The zero-order valence-corrected chi connectivity index (χ0v) is 15.1. The molecule has 1 amide bonds. The average molecular weight is 407 g/mol. The molecule has 0 spiro atoms. The average Bonchev–Trinajstić information content (AvgIpc) is 3.08. The molecule has 2 aromatic rings. The zero-order valence-electron chi connectivity index (χ0n) is 13.5. The third kappa shape index (κ3) is 3.69. The summed E-state index contributed by atoms with van der Waals surface area (Å²) in [6.45, 7) is 0.159. The smallest absolute Gasteiger partial charge is 0.271 e. The van der Waals surface area contributed by atoms with Crippen LogP contribution in [0.25, 0.3) is 0 Å². The standard InChI is InChI=1S/C17H15BrN2O5/c1-22-15-6-10(5-12(18)16(15)23-2)8-19-20-17(21)11-3-4-13-14(7-11)25-9-24-13/h3-8H,9H2,1-2H3,(H,20,21). The number of benzene rings is 2. The highest BCUT2D eigenvalue weighted by Gasteiger charge is 2.16. The van der Waals surface area contributed by atoms with Gasteiger partial charge in [0.25, 0.3) is 5.91 Å². The van der Waals surface area contributed by atoms with Crippen LogP contribution in [0.2, 0.25) is 0 Å². The Morgan fingerprint density at radius 1 is 1.20 bits per heavy atom. The van der Waals surface area contributed by atoms with Gasteiger partial charge in [-0.3, -0.25) is 4.79 Å². The lowest BCUT2D eigenvalue weighted by Crippen LogP contribution is -2.17. The summed E-state index contributed by atoms with van der Waals surface area (Å²) in [5.74, 6) is 1.95. The van der Waals surface area contributed by atoms with E-state index in [1.807, 2.05) is 0 Å². The number of nitrogens with zero attached hydrogens (tertiary/aromatic N) is 1. The Hall–Kier alpha value is -2.74. The second-order valence-electron chi connectivity index (χ2n) is 5.01. The predicted molar refractivity (Wildman–Crippen MR) is 94.9 cm³/mol. The molecule has 0 atom stereocenters. The fourth-order valence-corrected chi connectivity index (χ4v) is 2.90. The van der Waals surface area contributed by atoms with Crippen molar-refractivity contribution < 1.29 is 23.7 Å². The number of carbonyl (C=O) groups excluding carboxylic acids is 1. The Labute approximate surface area is 152 Å². The van der Waals surface area contributed by atoms with Crippen LogP contribution in [0.1, 0.15) is 15.9 Å². The first-order chi connectivity index (χ1) is 12.1. The van der Waals surface area contributed by atoms with Crippen molar-refractivity contribution in [2.24, 2.45) is 5.10 Å². The molecular weight excluding hydrogens is 392 g/mol. The van der Waals surface area contributed by atoms with E-state index in [1.54, 1.807) is 44.6 Å². The number of ether oxygens (including phenoxy) is 4. The first-order valence-electron chi connectivity index (χ1n) is 7.27. The summed E-state index contributed by atoms with van der Waals surface area (Å²) >= 11 is 3.41. The number of rotatable bonds is 5. The van der Waals surface area contributed by atoms with Crippen molar-refractivity contribution >= 4 is 28.1 Å². The third-order valence-electron chi connectivity index (χ3n) is 3.47. The van der Waals surface area contributed by atoms with Crippen LogP contribution in [0.4, 0.5) is 0 Å². The van der Waals surface area contributed by atoms with E-state index in [9.17, 15) is 4.79 Å². The predicted octanol–water partition coefficient (Wildman–Crippen LogP) is 2.96. The Bertz CT molecular complexity index is 838. The number of fused-ring (bicyclic) bond motifs is 1. The van der Waals surface area contributed by atoms with E-state index in [0.29, 0.717) is 28.6 Å². The Morgan fingerprint density at radius 3 is 2.76 bits per heavy atom. The van der Waals surface area contributed by atoms with E-state index in [-0.39, 0.29) is 12.7 Å². The zero-order chi connectivity index (χ0) is 17.8. The molecular formula is C17H15BrN2O5. The van der Waals surface area contributed by atoms with Crippen LogP contribution in [0.15, 0.2) is 39.9 Å². The van der Waals surface area contributed by atoms with Crippen molar-refractivity contribution in [1.29, 1.82) is 0 Å². The maximum Gasteiger partial charge on any atom is 0.271 e. The second kappa shape index (κ2) is 7.43. The summed E-state index contributed by atoms with van der Waals surface area (Å²) in [6, 6.07) is 8.50. The Morgan fingerprint density at radius 2 is 2.00 bits per heavy atom. The van der Waals surface area contributed by atoms with Crippen molar-refractivity contribution in [1.82, 2.24) is 5.43 Å². The molecule has 8 heteroatoms. The highest BCUT2D eigenvalue weighted by Crippen LogP contribution is 2.36. The van der Waals surface area contributed by atoms with E-state index < -0.39 is 0 Å². The lowest BCUT2D eigenvalue weighted by Gasteiger charge is -2.10. The lowest BCUT2D eigenvalue weighted by molar-refractivity contribution is 0.0954. The van der Waals surface area contributed by atoms with Crippen molar-refractivity contribution in [2.75, 3.05) is 21.0 Å². The molecule has 7 nitrogen and oxygen atoms in total. The van der Waals surface area contributed by atoms with Crippen molar-refractivity contribution in [2.45, 2.75) is 0 Å². The summed E-state index contributed by atoms with van der Waals surface area (Å²) < 4.78 is 21.7. The van der Waals surface area contributed by atoms with Crippen molar-refractivity contribution in [3.63, 3.8) is 0 Å². The van der Waals surface area contributed by atoms with Crippen LogP contribution >= 0.6 is 15.9 Å². The van der Waals surface area contributed by atoms with Crippen LogP contribution < -0.4 is 24.4 Å².